The summed E-state index contributed by atoms with van der Waals surface area (Å²) in [5.41, 5.74) is 12.0. The van der Waals surface area contributed by atoms with Crippen LogP contribution in [0.25, 0.3) is 11.2 Å². The zero-order valence-electron chi connectivity index (χ0n) is 39.9. The number of ether oxygens (including phenoxy) is 4. The van der Waals surface area contributed by atoms with Crippen molar-refractivity contribution in [2.75, 3.05) is 32.7 Å². The van der Waals surface area contributed by atoms with Crippen LogP contribution in [0.3, 0.4) is 0 Å². The molecule has 7 aromatic rings. The van der Waals surface area contributed by atoms with E-state index in [9.17, 15) is 4.89 Å². The zero-order chi connectivity index (χ0) is 47.7. The molecule has 0 amide bonds. The first-order valence-corrected chi connectivity index (χ1v) is 27.4. The normalized spacial score (nSPS) is 17.2. The van der Waals surface area contributed by atoms with Crippen molar-refractivity contribution < 1.29 is 28.4 Å². The molecular formula is C54H65N6O6PSi. The molecule has 0 saturated carbocycles. The summed E-state index contributed by atoms with van der Waals surface area (Å²) in [5, 5.41) is 0. The Bertz CT molecular complexity index is 2600. The second kappa shape index (κ2) is 22.1. The van der Waals surface area contributed by atoms with Gasteiger partial charge < -0.3 is 0 Å². The first-order valence-electron chi connectivity index (χ1n) is 23.5. The maximum atomic E-state index is 13.3. The molecule has 14 heteroatoms. The Morgan fingerprint density at radius 2 is 1.31 bits per heavy atom. The standard InChI is InChI=1S/C54H65N6O6PSi/c1-38(2)60(39(3)4)67(61,32-16-17-33-68-51(40-18-10-7-11-19-40)41-20-12-8-13-21-41)66-47-34-49(59-37-58-50-52(55)56-36-57-53(50)59)65-48(47)35-64-54(42-22-14-9-15-23-42,43-24-28-45(62-5)29-25-43)44-26-30-46(63-6)31-27-44/h7-31,36-39,47-49,51,61,67H,32-35,68H2,1-6H3,(H2,55,56,57)/t47-,48+,49+/m0/s1. The monoisotopic (exact) mass is 952 g/mol. The Labute approximate surface area is 403 Å². The summed E-state index contributed by atoms with van der Waals surface area (Å²) in [6.07, 6.45) is 6.48. The van der Waals surface area contributed by atoms with Crippen LogP contribution in [0.2, 0.25) is 6.04 Å². The number of hydrogen-bond donors (Lipinski definition) is 2. The molecule has 356 valence electrons. The average Bonchev–Trinajstić information content (AvgIpc) is 3.98. The maximum absolute atomic E-state index is 13.3. The number of fused-ring (bicyclic) bond motifs is 1. The number of benzene rings is 5. The molecule has 1 aliphatic heterocycles. The van der Waals surface area contributed by atoms with Crippen LogP contribution in [0.4, 0.5) is 5.82 Å². The quantitative estimate of drug-likeness (QED) is 0.0308. The van der Waals surface area contributed by atoms with E-state index in [1.807, 2.05) is 71.3 Å². The molecule has 0 radical (unpaired) electrons. The number of anilines is 1. The van der Waals surface area contributed by atoms with E-state index < -0.39 is 41.4 Å². The third-order valence-corrected chi connectivity index (χ3v) is 18.4. The van der Waals surface area contributed by atoms with Gasteiger partial charge in [0.2, 0.25) is 0 Å². The minimum absolute atomic E-state index is 0.00376. The van der Waals surface area contributed by atoms with Gasteiger partial charge in [-0.1, -0.05) is 0 Å². The van der Waals surface area contributed by atoms with E-state index in [0.29, 0.717) is 29.3 Å². The number of nitrogen functional groups attached to an aromatic ring is 1. The summed E-state index contributed by atoms with van der Waals surface area (Å²) in [5.74, 6) is 1.74. The number of nitrogens with two attached hydrogens (primary N) is 1. The van der Waals surface area contributed by atoms with Crippen molar-refractivity contribution in [1.29, 1.82) is 0 Å². The van der Waals surface area contributed by atoms with Gasteiger partial charge in [0.15, 0.2) is 0 Å². The molecule has 1 fully saturated rings. The molecule has 0 spiro atoms. The van der Waals surface area contributed by atoms with Crippen molar-refractivity contribution in [3.63, 3.8) is 0 Å². The Hall–Kier alpha value is -5.76. The predicted molar refractivity (Wildman–Crippen MR) is 276 cm³/mol. The summed E-state index contributed by atoms with van der Waals surface area (Å²) >= 11 is 0. The molecule has 5 aromatic carbocycles. The number of imidazole rings is 1. The van der Waals surface area contributed by atoms with Crippen molar-refractivity contribution in [3.8, 4) is 11.5 Å². The Balaban J connectivity index is 1.15. The molecule has 0 unspecified atom stereocenters. The topological polar surface area (TPSA) is 139 Å². The number of nitrogens with zero attached hydrogens (tertiary/aromatic N) is 5. The summed E-state index contributed by atoms with van der Waals surface area (Å²) in [7, 11) is -1.08. The third kappa shape index (κ3) is 10.6. The van der Waals surface area contributed by atoms with E-state index in [-0.39, 0.29) is 24.5 Å². The number of aromatic nitrogens is 4. The molecular weight excluding hydrogens is 888 g/mol. The van der Waals surface area contributed by atoms with Crippen LogP contribution >= 0.6 is 7.87 Å². The minimum atomic E-state index is -3.75. The molecule has 68 heavy (non-hydrogen) atoms. The van der Waals surface area contributed by atoms with Gasteiger partial charge in [-0.05, 0) is 0 Å². The molecule has 12 nitrogen and oxygen atoms in total. The van der Waals surface area contributed by atoms with Gasteiger partial charge in [-0.3, -0.25) is 0 Å². The Morgan fingerprint density at radius 3 is 1.85 bits per heavy atom. The van der Waals surface area contributed by atoms with E-state index in [1.165, 1.54) is 17.5 Å². The van der Waals surface area contributed by atoms with Crippen molar-refractivity contribution in [2.45, 2.75) is 81.8 Å². The van der Waals surface area contributed by atoms with Crippen molar-refractivity contribution in [1.82, 2.24) is 24.2 Å². The number of methoxy groups -OCH3 is 2. The van der Waals surface area contributed by atoms with Gasteiger partial charge in [-0.15, -0.1) is 0 Å². The van der Waals surface area contributed by atoms with Crippen LogP contribution in [-0.2, 0) is 19.6 Å². The van der Waals surface area contributed by atoms with Gasteiger partial charge in [0.25, 0.3) is 0 Å². The number of allylic oxidation sites excluding steroid dienone is 2. The number of rotatable bonds is 21. The zero-order valence-corrected chi connectivity index (χ0v) is 42.3. The molecule has 0 bridgehead atoms. The van der Waals surface area contributed by atoms with E-state index >= 15 is 0 Å². The Kier molecular flexibility index (Phi) is 15.8. The fourth-order valence-corrected chi connectivity index (χ4v) is 15.1. The van der Waals surface area contributed by atoms with Gasteiger partial charge in [0.1, 0.15) is 0 Å². The average molecular weight is 953 g/mol. The van der Waals surface area contributed by atoms with Crippen molar-refractivity contribution in [3.05, 3.63) is 192 Å². The van der Waals surface area contributed by atoms with E-state index in [0.717, 1.165) is 34.2 Å². The molecule has 3 heterocycles. The molecule has 1 saturated heterocycles. The van der Waals surface area contributed by atoms with Crippen LogP contribution in [0.1, 0.15) is 73.7 Å². The van der Waals surface area contributed by atoms with Crippen LogP contribution in [0.5, 0.6) is 11.5 Å². The fourth-order valence-electron chi connectivity index (χ4n) is 9.88. The second-order valence-electron chi connectivity index (χ2n) is 17.9. The van der Waals surface area contributed by atoms with Crippen molar-refractivity contribution in [2.24, 2.45) is 0 Å². The summed E-state index contributed by atoms with van der Waals surface area (Å²) in [6.45, 7) is 8.58. The van der Waals surface area contributed by atoms with Gasteiger partial charge in [0, 0.05) is 0 Å². The van der Waals surface area contributed by atoms with E-state index in [2.05, 4.69) is 132 Å². The first-order chi connectivity index (χ1) is 33.0. The molecule has 1 aliphatic rings. The van der Waals surface area contributed by atoms with Gasteiger partial charge in [0.05, 0.1) is 0 Å². The summed E-state index contributed by atoms with van der Waals surface area (Å²) in [6, 6.07) is 48.7. The number of hydrogen-bond acceptors (Lipinski definition) is 11. The van der Waals surface area contributed by atoms with Crippen LogP contribution in [0, 0.1) is 0 Å². The summed E-state index contributed by atoms with van der Waals surface area (Å²) < 4.78 is 37.1. The third-order valence-electron chi connectivity index (χ3n) is 12.9. The SMILES string of the molecule is COc1ccc(C(OC[C@H]2O[C@@H](n3cnc4c(N)ncnc43)C[C@@H]2O[PH](O)(CC=CC[SiH2]C(c2ccccc2)c2ccccc2)N(C(C)C)C(C)C)(c2ccccc2)c2ccc(OC)cc2)cc1. The van der Waals surface area contributed by atoms with Crippen LogP contribution in [0.15, 0.2) is 164 Å². The second-order valence-corrected chi connectivity index (χ2v) is 22.5. The van der Waals surface area contributed by atoms with Crippen LogP contribution in [-0.4, -0.2) is 89.9 Å². The summed E-state index contributed by atoms with van der Waals surface area (Å²) in [4.78, 5) is 26.6. The molecule has 0 aliphatic carbocycles. The molecule has 3 atom stereocenters. The van der Waals surface area contributed by atoms with E-state index in [4.69, 9.17) is 29.2 Å². The van der Waals surface area contributed by atoms with Crippen molar-refractivity contribution >= 4 is 34.4 Å². The molecule has 2 aromatic heterocycles. The first kappa shape index (κ1) is 48.7. The predicted octanol–water partition coefficient (Wildman–Crippen LogP) is 9.65. The van der Waals surface area contributed by atoms with Gasteiger partial charge in [-0.2, -0.15) is 0 Å². The van der Waals surface area contributed by atoms with Gasteiger partial charge >= 0.3 is 405 Å². The van der Waals surface area contributed by atoms with E-state index in [1.54, 1.807) is 20.5 Å². The fraction of sp³-hybridized carbons (Fsp3) is 0.315. The van der Waals surface area contributed by atoms with Gasteiger partial charge in [-0.25, -0.2) is 0 Å². The molecule has 8 rings (SSSR count). The Morgan fingerprint density at radius 1 is 0.765 bits per heavy atom. The molecule has 3 N–H and O–H groups in total. The van der Waals surface area contributed by atoms with Crippen LogP contribution < -0.4 is 15.2 Å².